The first-order valence-electron chi connectivity index (χ1n) is 10.5. The highest BCUT2D eigenvalue weighted by Crippen LogP contribution is 2.44. The van der Waals surface area contributed by atoms with Crippen LogP contribution in [0, 0.1) is 5.92 Å². The van der Waals surface area contributed by atoms with Crippen LogP contribution in [0.25, 0.3) is 0 Å². The summed E-state index contributed by atoms with van der Waals surface area (Å²) >= 11 is 0. The smallest absolute Gasteiger partial charge is 0.307 e. The molecule has 28 heavy (non-hydrogen) atoms. The lowest BCUT2D eigenvalue weighted by molar-refractivity contribution is -0.153. The summed E-state index contributed by atoms with van der Waals surface area (Å²) in [6.07, 6.45) is 7.98. The van der Waals surface area contributed by atoms with Crippen molar-refractivity contribution in [3.05, 3.63) is 29.8 Å². The number of ether oxygens (including phenoxy) is 1. The number of benzene rings is 1. The van der Waals surface area contributed by atoms with Gasteiger partial charge < -0.3 is 15.0 Å². The van der Waals surface area contributed by atoms with E-state index in [9.17, 15) is 14.4 Å². The summed E-state index contributed by atoms with van der Waals surface area (Å²) in [7, 11) is 0. The molecule has 2 aliphatic heterocycles. The average molecular weight is 384 g/mol. The van der Waals surface area contributed by atoms with Gasteiger partial charge in [-0.1, -0.05) is 12.5 Å². The molecule has 1 atom stereocenters. The molecule has 2 saturated heterocycles. The van der Waals surface area contributed by atoms with E-state index >= 15 is 0 Å². The third kappa shape index (κ3) is 3.77. The number of amides is 2. The van der Waals surface area contributed by atoms with Crippen molar-refractivity contribution in [2.75, 3.05) is 18.4 Å². The first-order chi connectivity index (χ1) is 13.6. The zero-order chi connectivity index (χ0) is 19.6. The van der Waals surface area contributed by atoms with Crippen molar-refractivity contribution in [1.29, 1.82) is 0 Å². The Hall–Kier alpha value is -2.37. The van der Waals surface area contributed by atoms with E-state index < -0.39 is 11.5 Å². The molecule has 1 aromatic rings. The maximum absolute atomic E-state index is 13.0. The summed E-state index contributed by atoms with van der Waals surface area (Å²) < 4.78 is 5.64. The summed E-state index contributed by atoms with van der Waals surface area (Å²) in [6, 6.07) is 7.10. The molecule has 6 nitrogen and oxygen atoms in total. The highest BCUT2D eigenvalue weighted by atomic mass is 16.6. The Balaban J connectivity index is 1.47. The van der Waals surface area contributed by atoms with Gasteiger partial charge in [0.05, 0.1) is 12.3 Å². The van der Waals surface area contributed by atoms with Gasteiger partial charge in [-0.15, -0.1) is 0 Å². The minimum absolute atomic E-state index is 0.0129. The minimum atomic E-state index is -0.638. The molecule has 1 saturated carbocycles. The number of anilines is 1. The van der Waals surface area contributed by atoms with E-state index in [0.29, 0.717) is 11.3 Å². The van der Waals surface area contributed by atoms with Crippen molar-refractivity contribution >= 4 is 23.5 Å². The van der Waals surface area contributed by atoms with Gasteiger partial charge in [0, 0.05) is 24.3 Å². The number of nitrogens with zero attached hydrogens (tertiary/aromatic N) is 1. The van der Waals surface area contributed by atoms with Crippen molar-refractivity contribution in [3.63, 3.8) is 0 Å². The van der Waals surface area contributed by atoms with E-state index in [1.807, 2.05) is 4.90 Å². The van der Waals surface area contributed by atoms with Crippen LogP contribution in [0.2, 0.25) is 0 Å². The van der Waals surface area contributed by atoms with Crippen LogP contribution in [0.4, 0.5) is 5.69 Å². The second kappa shape index (κ2) is 7.94. The van der Waals surface area contributed by atoms with Gasteiger partial charge >= 0.3 is 5.97 Å². The van der Waals surface area contributed by atoms with Gasteiger partial charge in [0.15, 0.2) is 0 Å². The van der Waals surface area contributed by atoms with Crippen LogP contribution in [0.5, 0.6) is 0 Å². The molecule has 0 unspecified atom stereocenters. The molecule has 3 fully saturated rings. The fourth-order valence-corrected chi connectivity index (χ4v) is 4.86. The number of rotatable bonds is 3. The maximum Gasteiger partial charge on any atom is 0.307 e. The number of hydrogen-bond acceptors (Lipinski definition) is 4. The fraction of sp³-hybridized carbons (Fsp3) is 0.591. The highest BCUT2D eigenvalue weighted by Gasteiger charge is 2.52. The van der Waals surface area contributed by atoms with E-state index in [0.717, 1.165) is 58.0 Å². The molecule has 3 aliphatic rings. The van der Waals surface area contributed by atoms with Crippen LogP contribution in [-0.2, 0) is 14.3 Å². The van der Waals surface area contributed by atoms with Crippen LogP contribution in [0.15, 0.2) is 24.3 Å². The third-order valence-corrected chi connectivity index (χ3v) is 6.36. The van der Waals surface area contributed by atoms with Crippen molar-refractivity contribution < 1.29 is 19.1 Å². The lowest BCUT2D eigenvalue weighted by Gasteiger charge is -2.36. The highest BCUT2D eigenvalue weighted by molar-refractivity contribution is 5.99. The number of hydrogen-bond donors (Lipinski definition) is 1. The molecule has 4 rings (SSSR count). The summed E-state index contributed by atoms with van der Waals surface area (Å²) in [6.45, 7) is 1.58. The van der Waals surface area contributed by atoms with Crippen LogP contribution in [0.3, 0.4) is 0 Å². The minimum Gasteiger partial charge on any atom is -0.458 e. The normalized spacial score (nSPS) is 24.1. The Morgan fingerprint density at radius 1 is 1.04 bits per heavy atom. The SMILES string of the molecule is O=C1C[C@H](C(=O)Nc2cccc(C(=O)N3CCCCC3)c2)C2(CCCCC2)O1. The summed E-state index contributed by atoms with van der Waals surface area (Å²) in [4.78, 5) is 39.5. The van der Waals surface area contributed by atoms with Crippen molar-refractivity contribution in [1.82, 2.24) is 4.90 Å². The summed E-state index contributed by atoms with van der Waals surface area (Å²) in [5.74, 6) is -0.910. The Morgan fingerprint density at radius 2 is 1.75 bits per heavy atom. The first kappa shape index (κ1) is 19.0. The van der Waals surface area contributed by atoms with Crippen LogP contribution < -0.4 is 5.32 Å². The van der Waals surface area contributed by atoms with Gasteiger partial charge in [-0.25, -0.2) is 0 Å². The molecule has 2 amide bonds. The molecule has 150 valence electrons. The summed E-state index contributed by atoms with van der Waals surface area (Å²) in [5.41, 5.74) is 0.546. The largest absolute Gasteiger partial charge is 0.458 e. The topological polar surface area (TPSA) is 75.7 Å². The monoisotopic (exact) mass is 384 g/mol. The molecular weight excluding hydrogens is 356 g/mol. The van der Waals surface area contributed by atoms with Crippen LogP contribution in [0.1, 0.15) is 68.1 Å². The zero-order valence-electron chi connectivity index (χ0n) is 16.2. The predicted molar refractivity (Wildman–Crippen MR) is 105 cm³/mol. The van der Waals surface area contributed by atoms with E-state index in [1.165, 1.54) is 6.42 Å². The second-order valence-electron chi connectivity index (χ2n) is 8.28. The molecule has 1 spiro atoms. The standard InChI is InChI=1S/C22H28N2O4/c25-19-15-18(22(28-19)10-3-1-4-11-22)20(26)23-17-9-7-8-16(14-17)21(27)24-12-5-2-6-13-24/h7-9,14,18H,1-6,10-13,15H2,(H,23,26)/t18-/m1/s1. The van der Waals surface area contributed by atoms with E-state index in [-0.39, 0.29) is 24.2 Å². The molecule has 0 aromatic heterocycles. The van der Waals surface area contributed by atoms with Crippen molar-refractivity contribution in [3.8, 4) is 0 Å². The molecular formula is C22H28N2O4. The Bertz CT molecular complexity index is 764. The number of esters is 1. The molecule has 6 heteroatoms. The Labute approximate surface area is 165 Å². The predicted octanol–water partition coefficient (Wildman–Crippen LogP) is 3.52. The van der Waals surface area contributed by atoms with Crippen molar-refractivity contribution in [2.45, 2.75) is 63.4 Å². The molecule has 0 bridgehead atoms. The Kier molecular flexibility index (Phi) is 5.38. The van der Waals surface area contributed by atoms with Gasteiger partial charge in [-0.3, -0.25) is 14.4 Å². The number of nitrogens with one attached hydrogen (secondary N) is 1. The molecule has 1 aromatic carbocycles. The zero-order valence-corrected chi connectivity index (χ0v) is 16.2. The molecule has 1 N–H and O–H groups in total. The van der Waals surface area contributed by atoms with Crippen LogP contribution in [-0.4, -0.2) is 41.4 Å². The number of carbonyl (C=O) groups is 3. The average Bonchev–Trinajstić information content (AvgIpc) is 3.04. The molecule has 2 heterocycles. The lowest BCUT2D eigenvalue weighted by atomic mass is 9.75. The maximum atomic E-state index is 13.0. The van der Waals surface area contributed by atoms with E-state index in [1.54, 1.807) is 24.3 Å². The van der Waals surface area contributed by atoms with Gasteiger partial charge in [-0.2, -0.15) is 0 Å². The van der Waals surface area contributed by atoms with E-state index in [2.05, 4.69) is 5.32 Å². The quantitative estimate of drug-likeness (QED) is 0.809. The third-order valence-electron chi connectivity index (χ3n) is 6.36. The van der Waals surface area contributed by atoms with Crippen LogP contribution >= 0.6 is 0 Å². The fourth-order valence-electron chi connectivity index (χ4n) is 4.86. The van der Waals surface area contributed by atoms with Gasteiger partial charge in [-0.05, 0) is 63.1 Å². The van der Waals surface area contributed by atoms with Crippen molar-refractivity contribution in [2.24, 2.45) is 5.92 Å². The number of carbonyl (C=O) groups excluding carboxylic acids is 3. The van der Waals surface area contributed by atoms with Gasteiger partial charge in [0.25, 0.3) is 5.91 Å². The van der Waals surface area contributed by atoms with Gasteiger partial charge in [0.2, 0.25) is 5.91 Å². The first-order valence-corrected chi connectivity index (χ1v) is 10.5. The number of piperidine rings is 1. The molecule has 1 aliphatic carbocycles. The molecule has 0 radical (unpaired) electrons. The van der Waals surface area contributed by atoms with Gasteiger partial charge in [0.1, 0.15) is 5.60 Å². The lowest BCUT2D eigenvalue weighted by Crippen LogP contribution is -2.43. The number of likely N-dealkylation sites (tertiary alicyclic amines) is 1. The second-order valence-corrected chi connectivity index (χ2v) is 8.28. The Morgan fingerprint density at radius 3 is 2.50 bits per heavy atom. The summed E-state index contributed by atoms with van der Waals surface area (Å²) in [5, 5.41) is 2.93. The van der Waals surface area contributed by atoms with E-state index in [4.69, 9.17) is 4.74 Å².